The van der Waals surface area contributed by atoms with Crippen molar-refractivity contribution < 1.29 is 24.2 Å². The standard InChI is InChI=1S/C19H27NO5/c1-4-13-9-12(2)19(3,11-21)18(23)24-10-14-5-7-20-8-6-15(16(14)20)25-17(13)22/h4-5,12,15-16,21H,6-11H2,1-3H3/b13-4+/t12-,15+,16+,19-/m0/s1. The minimum absolute atomic E-state index is 0.00733. The Morgan fingerprint density at radius 2 is 2.20 bits per heavy atom. The molecule has 138 valence electrons. The Bertz CT molecular complexity index is 625. The van der Waals surface area contributed by atoms with Crippen LogP contribution in [0.5, 0.6) is 0 Å². The van der Waals surface area contributed by atoms with Gasteiger partial charge in [-0.3, -0.25) is 9.69 Å². The van der Waals surface area contributed by atoms with E-state index in [0.717, 1.165) is 25.1 Å². The van der Waals surface area contributed by atoms with Crippen molar-refractivity contribution in [1.82, 2.24) is 4.90 Å². The number of carbonyl (C=O) groups is 2. The molecule has 0 aliphatic carbocycles. The van der Waals surface area contributed by atoms with Crippen molar-refractivity contribution in [2.45, 2.75) is 45.8 Å². The van der Waals surface area contributed by atoms with E-state index in [1.807, 2.05) is 6.92 Å². The Kier molecular flexibility index (Phi) is 5.02. The molecular weight excluding hydrogens is 322 g/mol. The van der Waals surface area contributed by atoms with Crippen molar-refractivity contribution in [3.63, 3.8) is 0 Å². The van der Waals surface area contributed by atoms with Gasteiger partial charge >= 0.3 is 11.9 Å². The summed E-state index contributed by atoms with van der Waals surface area (Å²) in [5.41, 5.74) is 0.475. The summed E-state index contributed by atoms with van der Waals surface area (Å²) in [4.78, 5) is 27.6. The van der Waals surface area contributed by atoms with E-state index in [1.165, 1.54) is 0 Å². The second-order valence-electron chi connectivity index (χ2n) is 7.52. The van der Waals surface area contributed by atoms with Gasteiger partial charge in [-0.05, 0) is 38.2 Å². The summed E-state index contributed by atoms with van der Waals surface area (Å²) in [6.45, 7) is 6.87. The van der Waals surface area contributed by atoms with Crippen LogP contribution in [0.1, 0.15) is 33.6 Å². The highest BCUT2D eigenvalue weighted by Crippen LogP contribution is 2.37. The summed E-state index contributed by atoms with van der Waals surface area (Å²) >= 11 is 0. The maximum absolute atomic E-state index is 12.7. The van der Waals surface area contributed by atoms with Crippen LogP contribution in [-0.4, -0.2) is 60.4 Å². The molecule has 3 rings (SSSR count). The lowest BCUT2D eigenvalue weighted by Gasteiger charge is -2.33. The maximum Gasteiger partial charge on any atom is 0.334 e. The molecule has 0 aromatic heterocycles. The van der Waals surface area contributed by atoms with Crippen LogP contribution in [0, 0.1) is 11.3 Å². The number of allylic oxidation sites excluding steroid dienone is 1. The maximum atomic E-state index is 12.7. The molecule has 0 unspecified atom stereocenters. The third kappa shape index (κ3) is 3.13. The number of cyclic esters (lactones) is 1. The molecule has 3 aliphatic rings. The number of esters is 2. The van der Waals surface area contributed by atoms with E-state index in [0.29, 0.717) is 12.0 Å². The Balaban J connectivity index is 1.93. The van der Waals surface area contributed by atoms with Crippen molar-refractivity contribution in [2.75, 3.05) is 26.3 Å². The van der Waals surface area contributed by atoms with Gasteiger partial charge in [-0.2, -0.15) is 0 Å². The second-order valence-corrected chi connectivity index (χ2v) is 7.52. The molecule has 0 spiro atoms. The summed E-state index contributed by atoms with van der Waals surface area (Å²) in [6.07, 6.45) is 4.76. The first-order valence-corrected chi connectivity index (χ1v) is 8.98. The van der Waals surface area contributed by atoms with Gasteiger partial charge in [0.2, 0.25) is 0 Å². The molecule has 25 heavy (non-hydrogen) atoms. The Morgan fingerprint density at radius 3 is 2.88 bits per heavy atom. The number of carbonyl (C=O) groups excluding carboxylic acids is 2. The van der Waals surface area contributed by atoms with Crippen molar-refractivity contribution in [3.8, 4) is 0 Å². The van der Waals surface area contributed by atoms with Crippen molar-refractivity contribution in [1.29, 1.82) is 0 Å². The number of aliphatic hydroxyl groups is 1. The predicted molar refractivity (Wildman–Crippen MR) is 91.6 cm³/mol. The molecule has 0 bridgehead atoms. The normalized spacial score (nSPS) is 38.5. The summed E-state index contributed by atoms with van der Waals surface area (Å²) in [7, 11) is 0. The fourth-order valence-corrected chi connectivity index (χ4v) is 3.95. The SMILES string of the molecule is C/C=C1\C[C@H](C)[C@](C)(CO)C(=O)OCC2=CCN3CC[C@@H](OC1=O)[C@@H]23. The zero-order chi connectivity index (χ0) is 18.2. The van der Waals surface area contributed by atoms with Gasteiger partial charge in [-0.25, -0.2) is 4.79 Å². The average molecular weight is 349 g/mol. The van der Waals surface area contributed by atoms with Crippen LogP contribution in [-0.2, 0) is 19.1 Å². The lowest BCUT2D eigenvalue weighted by Crippen LogP contribution is -2.42. The summed E-state index contributed by atoms with van der Waals surface area (Å²) in [6, 6.07) is -0.00733. The molecular formula is C19H27NO5. The quantitative estimate of drug-likeness (QED) is 0.439. The number of aliphatic hydroxyl groups excluding tert-OH is 1. The predicted octanol–water partition coefficient (Wildman–Crippen LogP) is 1.44. The number of rotatable bonds is 1. The lowest BCUT2D eigenvalue weighted by molar-refractivity contribution is -0.161. The van der Waals surface area contributed by atoms with E-state index in [9.17, 15) is 14.7 Å². The Morgan fingerprint density at radius 1 is 1.44 bits per heavy atom. The van der Waals surface area contributed by atoms with Gasteiger partial charge in [0.15, 0.2) is 0 Å². The van der Waals surface area contributed by atoms with Crippen molar-refractivity contribution >= 4 is 11.9 Å². The number of ether oxygens (including phenoxy) is 2. The molecule has 6 heteroatoms. The molecule has 2 fully saturated rings. The molecule has 2 saturated heterocycles. The molecule has 6 nitrogen and oxygen atoms in total. The van der Waals surface area contributed by atoms with Gasteiger partial charge in [0.25, 0.3) is 0 Å². The molecule has 0 radical (unpaired) electrons. The van der Waals surface area contributed by atoms with Crippen LogP contribution in [0.4, 0.5) is 0 Å². The fourth-order valence-electron chi connectivity index (χ4n) is 3.95. The highest BCUT2D eigenvalue weighted by atomic mass is 16.5. The fraction of sp³-hybridized carbons (Fsp3) is 0.684. The topological polar surface area (TPSA) is 76.1 Å². The van der Waals surface area contributed by atoms with E-state index in [1.54, 1.807) is 19.9 Å². The lowest BCUT2D eigenvalue weighted by atomic mass is 9.75. The molecule has 0 saturated carbocycles. The molecule has 0 amide bonds. The zero-order valence-corrected chi connectivity index (χ0v) is 15.2. The van der Waals surface area contributed by atoms with Crippen molar-refractivity contribution in [3.05, 3.63) is 23.3 Å². The monoisotopic (exact) mass is 349 g/mol. The largest absolute Gasteiger partial charge is 0.461 e. The van der Waals surface area contributed by atoms with Crippen LogP contribution in [0.3, 0.4) is 0 Å². The van der Waals surface area contributed by atoms with Gasteiger partial charge in [-0.15, -0.1) is 0 Å². The van der Waals surface area contributed by atoms with Gasteiger partial charge < -0.3 is 14.6 Å². The third-order valence-electron chi connectivity index (χ3n) is 6.06. The van der Waals surface area contributed by atoms with Crippen LogP contribution in [0.15, 0.2) is 23.3 Å². The number of nitrogens with zero attached hydrogens (tertiary/aromatic N) is 1. The molecule has 0 aromatic rings. The second kappa shape index (κ2) is 6.92. The number of hydrogen-bond donors (Lipinski definition) is 1. The highest BCUT2D eigenvalue weighted by Gasteiger charge is 2.45. The van der Waals surface area contributed by atoms with E-state index < -0.39 is 11.4 Å². The first kappa shape index (κ1) is 18.1. The first-order valence-electron chi connectivity index (χ1n) is 8.98. The molecule has 4 atom stereocenters. The van der Waals surface area contributed by atoms with E-state index >= 15 is 0 Å². The van der Waals surface area contributed by atoms with Gasteiger partial charge in [0, 0.05) is 18.7 Å². The Hall–Kier alpha value is -1.66. The van der Waals surface area contributed by atoms with Crippen LogP contribution in [0.25, 0.3) is 0 Å². The van der Waals surface area contributed by atoms with E-state index in [4.69, 9.17) is 9.47 Å². The first-order chi connectivity index (χ1) is 11.9. The smallest absolute Gasteiger partial charge is 0.334 e. The molecule has 3 aliphatic heterocycles. The van der Waals surface area contributed by atoms with Gasteiger partial charge in [0.05, 0.1) is 18.1 Å². The van der Waals surface area contributed by atoms with Gasteiger partial charge in [0.1, 0.15) is 12.7 Å². The van der Waals surface area contributed by atoms with Crippen LogP contribution < -0.4 is 0 Å². The third-order valence-corrected chi connectivity index (χ3v) is 6.06. The Labute approximate surface area is 148 Å². The zero-order valence-electron chi connectivity index (χ0n) is 15.2. The molecule has 1 N–H and O–H groups in total. The number of hydrogen-bond acceptors (Lipinski definition) is 6. The minimum Gasteiger partial charge on any atom is -0.461 e. The summed E-state index contributed by atoms with van der Waals surface area (Å²) < 4.78 is 11.4. The molecule has 0 aromatic carbocycles. The summed E-state index contributed by atoms with van der Waals surface area (Å²) in [5, 5.41) is 9.84. The summed E-state index contributed by atoms with van der Waals surface area (Å²) in [5.74, 6) is -0.987. The minimum atomic E-state index is -1.05. The van der Waals surface area contributed by atoms with Crippen molar-refractivity contribution in [2.24, 2.45) is 11.3 Å². The van der Waals surface area contributed by atoms with E-state index in [-0.39, 0.29) is 37.2 Å². The van der Waals surface area contributed by atoms with Crippen LogP contribution >= 0.6 is 0 Å². The molecule has 3 heterocycles. The van der Waals surface area contributed by atoms with E-state index in [2.05, 4.69) is 11.0 Å². The van der Waals surface area contributed by atoms with Gasteiger partial charge in [-0.1, -0.05) is 19.1 Å². The van der Waals surface area contributed by atoms with Crippen LogP contribution in [0.2, 0.25) is 0 Å². The highest BCUT2D eigenvalue weighted by molar-refractivity contribution is 5.89. The average Bonchev–Trinajstić information content (AvgIpc) is 3.18.